The molecule has 0 atom stereocenters. The Bertz CT molecular complexity index is 385. The molecule has 0 radical (unpaired) electrons. The first kappa shape index (κ1) is 12.2. The molecule has 0 fully saturated rings. The second-order valence-corrected chi connectivity index (χ2v) is 4.51. The summed E-state index contributed by atoms with van der Waals surface area (Å²) < 4.78 is 13.4. The summed E-state index contributed by atoms with van der Waals surface area (Å²) in [7, 11) is 0. The van der Waals surface area contributed by atoms with Gasteiger partial charge in [-0.05, 0) is 30.5 Å². The normalized spacial score (nSPS) is 10.8. The lowest BCUT2D eigenvalue weighted by Crippen LogP contribution is -2.06. The number of carbonyl (C=O) groups is 1. The van der Waals surface area contributed by atoms with Crippen molar-refractivity contribution in [3.8, 4) is 0 Å². The molecule has 1 nitrogen and oxygen atoms in total. The molecular formula is C12H14ClFO. The van der Waals surface area contributed by atoms with Crippen molar-refractivity contribution in [3.05, 3.63) is 34.1 Å². The third kappa shape index (κ3) is 3.03. The van der Waals surface area contributed by atoms with Gasteiger partial charge in [-0.25, -0.2) is 4.39 Å². The molecule has 0 aliphatic rings. The number of ketones is 1. The zero-order valence-electron chi connectivity index (χ0n) is 9.10. The van der Waals surface area contributed by atoms with Crippen molar-refractivity contribution in [1.29, 1.82) is 0 Å². The lowest BCUT2D eigenvalue weighted by molar-refractivity contribution is 0.0964. The minimum atomic E-state index is -0.531. The zero-order valence-corrected chi connectivity index (χ0v) is 9.86. The quantitative estimate of drug-likeness (QED) is 0.715. The van der Waals surface area contributed by atoms with Gasteiger partial charge < -0.3 is 0 Å². The molecule has 1 aromatic carbocycles. The number of hydrogen-bond acceptors (Lipinski definition) is 1. The fraction of sp³-hybridized carbons (Fsp3) is 0.417. The molecule has 0 saturated heterocycles. The average molecular weight is 229 g/mol. The van der Waals surface area contributed by atoms with Gasteiger partial charge in [0.05, 0.1) is 5.56 Å². The van der Waals surface area contributed by atoms with Crippen LogP contribution in [0, 0.1) is 18.7 Å². The fourth-order valence-electron chi connectivity index (χ4n) is 1.35. The Morgan fingerprint density at radius 1 is 1.47 bits per heavy atom. The number of Topliss-reactive ketones (excluding diaryl/α,β-unsaturated/α-hetero) is 1. The molecule has 82 valence electrons. The van der Waals surface area contributed by atoms with Crippen LogP contribution >= 0.6 is 11.6 Å². The Morgan fingerprint density at radius 2 is 2.07 bits per heavy atom. The first-order chi connectivity index (χ1) is 6.91. The predicted molar refractivity (Wildman–Crippen MR) is 59.9 cm³/mol. The van der Waals surface area contributed by atoms with E-state index in [1.165, 1.54) is 12.1 Å². The van der Waals surface area contributed by atoms with Crippen LogP contribution in [0.25, 0.3) is 0 Å². The maximum atomic E-state index is 13.4. The van der Waals surface area contributed by atoms with E-state index in [2.05, 4.69) is 0 Å². The van der Waals surface area contributed by atoms with Gasteiger partial charge in [0.25, 0.3) is 0 Å². The second kappa shape index (κ2) is 4.75. The predicted octanol–water partition coefficient (Wildman–Crippen LogP) is 4.02. The van der Waals surface area contributed by atoms with Crippen LogP contribution in [0.1, 0.15) is 36.2 Å². The molecule has 0 aromatic heterocycles. The largest absolute Gasteiger partial charge is 0.294 e. The van der Waals surface area contributed by atoms with Gasteiger partial charge in [0.1, 0.15) is 5.82 Å². The number of rotatable bonds is 3. The van der Waals surface area contributed by atoms with Crippen molar-refractivity contribution in [3.63, 3.8) is 0 Å². The Kier molecular flexibility index (Phi) is 3.86. The van der Waals surface area contributed by atoms with E-state index in [9.17, 15) is 9.18 Å². The zero-order chi connectivity index (χ0) is 11.6. The molecule has 0 amide bonds. The third-order valence-electron chi connectivity index (χ3n) is 2.14. The molecule has 15 heavy (non-hydrogen) atoms. The molecule has 0 heterocycles. The van der Waals surface area contributed by atoms with E-state index >= 15 is 0 Å². The molecule has 3 heteroatoms. The molecule has 0 aliphatic heterocycles. The minimum absolute atomic E-state index is 0.144. The van der Waals surface area contributed by atoms with Gasteiger partial charge in [0.15, 0.2) is 5.78 Å². The topological polar surface area (TPSA) is 17.1 Å². The summed E-state index contributed by atoms with van der Waals surface area (Å²) in [5, 5.41) is 0.355. The van der Waals surface area contributed by atoms with Crippen molar-refractivity contribution in [2.75, 3.05) is 0 Å². The van der Waals surface area contributed by atoms with Gasteiger partial charge in [-0.15, -0.1) is 0 Å². The average Bonchev–Trinajstić information content (AvgIpc) is 2.09. The summed E-state index contributed by atoms with van der Waals surface area (Å²) in [4.78, 5) is 11.7. The summed E-state index contributed by atoms with van der Waals surface area (Å²) in [5.74, 6) is -0.466. The lowest BCUT2D eigenvalue weighted by Gasteiger charge is -2.07. The van der Waals surface area contributed by atoms with E-state index in [4.69, 9.17) is 11.6 Å². The van der Waals surface area contributed by atoms with Crippen LogP contribution in [0.2, 0.25) is 5.02 Å². The van der Waals surface area contributed by atoms with Crippen LogP contribution < -0.4 is 0 Å². The number of carbonyl (C=O) groups excluding carboxylic acids is 1. The van der Waals surface area contributed by atoms with Crippen LogP contribution in [-0.4, -0.2) is 5.78 Å². The van der Waals surface area contributed by atoms with E-state index in [0.717, 1.165) is 5.56 Å². The summed E-state index contributed by atoms with van der Waals surface area (Å²) in [5.41, 5.74) is 0.871. The summed E-state index contributed by atoms with van der Waals surface area (Å²) in [6.45, 7) is 5.62. The molecular weight excluding hydrogens is 215 g/mol. The van der Waals surface area contributed by atoms with E-state index in [-0.39, 0.29) is 17.3 Å². The van der Waals surface area contributed by atoms with Crippen molar-refractivity contribution in [2.24, 2.45) is 5.92 Å². The maximum absolute atomic E-state index is 13.4. The highest BCUT2D eigenvalue weighted by molar-refractivity contribution is 6.31. The van der Waals surface area contributed by atoms with Gasteiger partial charge in [0, 0.05) is 11.4 Å². The van der Waals surface area contributed by atoms with Gasteiger partial charge in [-0.2, -0.15) is 0 Å². The molecule has 1 aromatic rings. The number of aryl methyl sites for hydroxylation is 1. The Morgan fingerprint density at radius 3 is 2.60 bits per heavy atom. The smallest absolute Gasteiger partial charge is 0.166 e. The molecule has 0 bridgehead atoms. The Hall–Kier alpha value is -0.890. The molecule has 0 N–H and O–H groups in total. The van der Waals surface area contributed by atoms with Crippen molar-refractivity contribution < 1.29 is 9.18 Å². The molecule has 1 rings (SSSR count). The third-order valence-corrected chi connectivity index (χ3v) is 2.55. The highest BCUT2D eigenvalue weighted by atomic mass is 35.5. The summed E-state index contributed by atoms with van der Waals surface area (Å²) >= 11 is 5.75. The maximum Gasteiger partial charge on any atom is 0.166 e. The lowest BCUT2D eigenvalue weighted by atomic mass is 9.99. The van der Waals surface area contributed by atoms with Crippen molar-refractivity contribution in [1.82, 2.24) is 0 Å². The Labute approximate surface area is 94.3 Å². The highest BCUT2D eigenvalue weighted by Crippen LogP contribution is 2.21. The molecule has 0 spiro atoms. The van der Waals surface area contributed by atoms with Crippen LogP contribution in [-0.2, 0) is 0 Å². The van der Waals surface area contributed by atoms with E-state index < -0.39 is 5.82 Å². The number of halogens is 2. The van der Waals surface area contributed by atoms with Crippen LogP contribution in [0.3, 0.4) is 0 Å². The standard InChI is InChI=1S/C12H14ClFO/c1-7(2)4-12(15)9-5-8(3)10(13)6-11(9)14/h5-7H,4H2,1-3H3. The Balaban J connectivity index is 3.04. The SMILES string of the molecule is Cc1cc(C(=O)CC(C)C)c(F)cc1Cl. The summed E-state index contributed by atoms with van der Waals surface area (Å²) in [6, 6.07) is 2.72. The van der Waals surface area contributed by atoms with Crippen LogP contribution in [0.4, 0.5) is 4.39 Å². The van der Waals surface area contributed by atoms with Crippen molar-refractivity contribution >= 4 is 17.4 Å². The van der Waals surface area contributed by atoms with E-state index in [1.807, 2.05) is 13.8 Å². The van der Waals surface area contributed by atoms with E-state index in [1.54, 1.807) is 6.92 Å². The van der Waals surface area contributed by atoms with Gasteiger partial charge in [-0.1, -0.05) is 25.4 Å². The first-order valence-electron chi connectivity index (χ1n) is 4.90. The van der Waals surface area contributed by atoms with Crippen LogP contribution in [0.5, 0.6) is 0 Å². The number of hydrogen-bond donors (Lipinski definition) is 0. The van der Waals surface area contributed by atoms with Crippen LogP contribution in [0.15, 0.2) is 12.1 Å². The molecule has 0 saturated carbocycles. The van der Waals surface area contributed by atoms with Gasteiger partial charge >= 0.3 is 0 Å². The molecule has 0 aliphatic carbocycles. The van der Waals surface area contributed by atoms with Gasteiger partial charge in [0.2, 0.25) is 0 Å². The minimum Gasteiger partial charge on any atom is -0.294 e. The highest BCUT2D eigenvalue weighted by Gasteiger charge is 2.14. The van der Waals surface area contributed by atoms with E-state index in [0.29, 0.717) is 11.4 Å². The van der Waals surface area contributed by atoms with Crippen molar-refractivity contribution in [2.45, 2.75) is 27.2 Å². The number of benzene rings is 1. The molecule has 0 unspecified atom stereocenters. The first-order valence-corrected chi connectivity index (χ1v) is 5.28. The van der Waals surface area contributed by atoms with Gasteiger partial charge in [-0.3, -0.25) is 4.79 Å². The summed E-state index contributed by atoms with van der Waals surface area (Å²) in [6.07, 6.45) is 0.359. The monoisotopic (exact) mass is 228 g/mol. The fourth-order valence-corrected chi connectivity index (χ4v) is 1.50. The second-order valence-electron chi connectivity index (χ2n) is 4.10.